The van der Waals surface area contributed by atoms with Crippen molar-refractivity contribution >= 4 is 5.69 Å². The molecule has 24 heavy (non-hydrogen) atoms. The molecule has 0 spiro atoms. The molecule has 0 aromatic heterocycles. The molecule has 2 aromatic rings. The van der Waals surface area contributed by atoms with E-state index in [1.54, 1.807) is 6.07 Å². The van der Waals surface area contributed by atoms with Gasteiger partial charge in [0.1, 0.15) is 5.82 Å². The SMILES string of the molecule is CC.CCc1ccc(C2CCN(c3ccccc3C)CC2)c(F)c1. The Morgan fingerprint density at radius 3 is 2.29 bits per heavy atom. The molecule has 0 N–H and O–H groups in total. The molecule has 1 nitrogen and oxygen atoms in total. The number of para-hydroxylation sites is 1. The van der Waals surface area contributed by atoms with Gasteiger partial charge in [0.25, 0.3) is 0 Å². The summed E-state index contributed by atoms with van der Waals surface area (Å²) in [6.07, 6.45) is 2.94. The number of halogens is 1. The van der Waals surface area contributed by atoms with E-state index in [1.165, 1.54) is 11.3 Å². The van der Waals surface area contributed by atoms with Crippen molar-refractivity contribution in [3.05, 3.63) is 65.0 Å². The second-order valence-corrected chi connectivity index (χ2v) is 6.26. The van der Waals surface area contributed by atoms with Crippen molar-refractivity contribution in [3.63, 3.8) is 0 Å². The Hall–Kier alpha value is -1.83. The molecular formula is C22H30FN. The normalized spacial score (nSPS) is 15.0. The molecule has 130 valence electrons. The summed E-state index contributed by atoms with van der Waals surface area (Å²) in [6, 6.07) is 14.3. The van der Waals surface area contributed by atoms with Gasteiger partial charge in [-0.3, -0.25) is 0 Å². The van der Waals surface area contributed by atoms with Crippen molar-refractivity contribution in [3.8, 4) is 0 Å². The fourth-order valence-corrected chi connectivity index (χ4v) is 3.47. The van der Waals surface area contributed by atoms with Crippen molar-refractivity contribution in [2.45, 2.75) is 52.9 Å². The minimum Gasteiger partial charge on any atom is -0.371 e. The van der Waals surface area contributed by atoms with Crippen LogP contribution in [0, 0.1) is 12.7 Å². The Morgan fingerprint density at radius 2 is 1.71 bits per heavy atom. The van der Waals surface area contributed by atoms with E-state index in [-0.39, 0.29) is 5.82 Å². The smallest absolute Gasteiger partial charge is 0.126 e. The highest BCUT2D eigenvalue weighted by Gasteiger charge is 2.23. The highest BCUT2D eigenvalue weighted by molar-refractivity contribution is 5.53. The fourth-order valence-electron chi connectivity index (χ4n) is 3.47. The maximum Gasteiger partial charge on any atom is 0.126 e. The summed E-state index contributed by atoms with van der Waals surface area (Å²) in [4.78, 5) is 2.43. The van der Waals surface area contributed by atoms with Crippen LogP contribution < -0.4 is 4.90 Å². The molecule has 2 aromatic carbocycles. The topological polar surface area (TPSA) is 3.24 Å². The third-order valence-corrected chi connectivity index (χ3v) is 4.86. The number of hydrogen-bond donors (Lipinski definition) is 0. The number of nitrogens with zero attached hydrogens (tertiary/aromatic N) is 1. The molecular weight excluding hydrogens is 297 g/mol. The maximum atomic E-state index is 14.3. The largest absolute Gasteiger partial charge is 0.371 e. The summed E-state index contributed by atoms with van der Waals surface area (Å²) in [5, 5.41) is 0. The van der Waals surface area contributed by atoms with E-state index in [0.29, 0.717) is 5.92 Å². The predicted molar refractivity (Wildman–Crippen MR) is 102 cm³/mol. The van der Waals surface area contributed by atoms with E-state index in [1.807, 2.05) is 19.9 Å². The van der Waals surface area contributed by atoms with Gasteiger partial charge in [-0.1, -0.05) is 51.1 Å². The second kappa shape index (κ2) is 8.86. The zero-order valence-electron chi connectivity index (χ0n) is 15.5. The van der Waals surface area contributed by atoms with Crippen LogP contribution in [0.5, 0.6) is 0 Å². The first kappa shape index (κ1) is 18.5. The molecule has 0 amide bonds. The standard InChI is InChI=1S/C20H24FN.C2H6/c1-3-16-8-9-18(19(21)14-16)17-10-12-22(13-11-17)20-7-5-4-6-15(20)2;1-2/h4-9,14,17H,3,10-13H2,1-2H3;1-2H3. The van der Waals surface area contributed by atoms with E-state index in [0.717, 1.165) is 43.5 Å². The molecule has 0 bridgehead atoms. The highest BCUT2D eigenvalue weighted by atomic mass is 19.1. The Labute approximate surface area is 146 Å². The summed E-state index contributed by atoms with van der Waals surface area (Å²) in [5.41, 5.74) is 4.63. The molecule has 1 aliphatic rings. The molecule has 1 aliphatic heterocycles. The number of aryl methyl sites for hydroxylation is 2. The van der Waals surface area contributed by atoms with Crippen molar-refractivity contribution in [2.75, 3.05) is 18.0 Å². The van der Waals surface area contributed by atoms with E-state index in [9.17, 15) is 4.39 Å². The molecule has 3 rings (SSSR count). The number of rotatable bonds is 3. The summed E-state index contributed by atoms with van der Waals surface area (Å²) in [7, 11) is 0. The van der Waals surface area contributed by atoms with E-state index in [4.69, 9.17) is 0 Å². The van der Waals surface area contributed by atoms with Crippen molar-refractivity contribution in [1.29, 1.82) is 0 Å². The summed E-state index contributed by atoms with van der Waals surface area (Å²) in [5.74, 6) is 0.333. The van der Waals surface area contributed by atoms with Crippen LogP contribution in [0.2, 0.25) is 0 Å². The van der Waals surface area contributed by atoms with Crippen LogP contribution in [0.15, 0.2) is 42.5 Å². The molecule has 1 heterocycles. The van der Waals surface area contributed by atoms with Crippen molar-refractivity contribution in [2.24, 2.45) is 0 Å². The maximum absolute atomic E-state index is 14.3. The molecule has 0 atom stereocenters. The Kier molecular flexibility index (Phi) is 6.84. The molecule has 0 aliphatic carbocycles. The fraction of sp³-hybridized carbons (Fsp3) is 0.455. The van der Waals surface area contributed by atoms with E-state index in [2.05, 4.69) is 49.1 Å². The van der Waals surface area contributed by atoms with Crippen LogP contribution in [-0.4, -0.2) is 13.1 Å². The van der Waals surface area contributed by atoms with Crippen LogP contribution in [0.1, 0.15) is 56.2 Å². The number of anilines is 1. The molecule has 0 radical (unpaired) electrons. The van der Waals surface area contributed by atoms with Crippen LogP contribution in [0.25, 0.3) is 0 Å². The third-order valence-electron chi connectivity index (χ3n) is 4.86. The van der Waals surface area contributed by atoms with Gasteiger partial charge in [0.05, 0.1) is 0 Å². The average Bonchev–Trinajstić information content (AvgIpc) is 2.64. The second-order valence-electron chi connectivity index (χ2n) is 6.26. The monoisotopic (exact) mass is 327 g/mol. The summed E-state index contributed by atoms with van der Waals surface area (Å²) in [6.45, 7) is 10.2. The van der Waals surface area contributed by atoms with Gasteiger partial charge in [0.15, 0.2) is 0 Å². The van der Waals surface area contributed by atoms with Gasteiger partial charge in [-0.2, -0.15) is 0 Å². The first-order valence-electron chi connectivity index (χ1n) is 9.28. The zero-order valence-corrected chi connectivity index (χ0v) is 15.5. The van der Waals surface area contributed by atoms with Crippen molar-refractivity contribution < 1.29 is 4.39 Å². The predicted octanol–water partition coefficient (Wildman–Crippen LogP) is 6.11. The Morgan fingerprint density at radius 1 is 1.04 bits per heavy atom. The van der Waals surface area contributed by atoms with Crippen LogP contribution in [-0.2, 0) is 6.42 Å². The minimum absolute atomic E-state index is 0.0197. The highest BCUT2D eigenvalue weighted by Crippen LogP contribution is 2.33. The first-order valence-corrected chi connectivity index (χ1v) is 9.28. The van der Waals surface area contributed by atoms with Gasteiger partial charge in [0, 0.05) is 18.8 Å². The Balaban J connectivity index is 0.00000100. The lowest BCUT2D eigenvalue weighted by Crippen LogP contribution is -2.33. The number of hydrogen-bond acceptors (Lipinski definition) is 1. The van der Waals surface area contributed by atoms with Gasteiger partial charge in [-0.15, -0.1) is 0 Å². The summed E-state index contributed by atoms with van der Waals surface area (Å²) < 4.78 is 14.3. The minimum atomic E-state index is -0.0197. The number of piperidine rings is 1. The lowest BCUT2D eigenvalue weighted by molar-refractivity contribution is 0.481. The van der Waals surface area contributed by atoms with Crippen LogP contribution in [0.4, 0.5) is 10.1 Å². The summed E-state index contributed by atoms with van der Waals surface area (Å²) >= 11 is 0. The molecule has 1 saturated heterocycles. The van der Waals surface area contributed by atoms with Crippen LogP contribution in [0.3, 0.4) is 0 Å². The van der Waals surface area contributed by atoms with Gasteiger partial charge in [-0.25, -0.2) is 4.39 Å². The van der Waals surface area contributed by atoms with E-state index < -0.39 is 0 Å². The molecule has 1 fully saturated rings. The molecule has 2 heteroatoms. The quantitative estimate of drug-likeness (QED) is 0.657. The molecule has 0 unspecified atom stereocenters. The van der Waals surface area contributed by atoms with Crippen molar-refractivity contribution in [1.82, 2.24) is 0 Å². The lowest BCUT2D eigenvalue weighted by atomic mass is 9.88. The lowest BCUT2D eigenvalue weighted by Gasteiger charge is -2.34. The van der Waals surface area contributed by atoms with Gasteiger partial charge >= 0.3 is 0 Å². The van der Waals surface area contributed by atoms with Gasteiger partial charge in [-0.05, 0) is 60.9 Å². The van der Waals surface area contributed by atoms with Crippen LogP contribution >= 0.6 is 0 Å². The molecule has 0 saturated carbocycles. The van der Waals surface area contributed by atoms with Gasteiger partial charge < -0.3 is 4.90 Å². The van der Waals surface area contributed by atoms with E-state index >= 15 is 0 Å². The average molecular weight is 327 g/mol. The first-order chi connectivity index (χ1) is 11.7. The third kappa shape index (κ3) is 4.17. The Bertz CT molecular complexity index is 642. The number of benzene rings is 2. The van der Waals surface area contributed by atoms with Gasteiger partial charge in [0.2, 0.25) is 0 Å². The zero-order chi connectivity index (χ0) is 17.5.